The minimum atomic E-state index is -1.66. The van der Waals surface area contributed by atoms with Crippen molar-refractivity contribution in [1.82, 2.24) is 4.98 Å². The molecule has 2 aromatic rings. The fraction of sp³-hybridized carbons (Fsp3) is 0.657. The summed E-state index contributed by atoms with van der Waals surface area (Å²) in [6.07, 6.45) is 8.52. The van der Waals surface area contributed by atoms with E-state index in [4.69, 9.17) is 14.2 Å². The normalized spacial score (nSPS) is 42.3. The van der Waals surface area contributed by atoms with Crippen LogP contribution in [-0.4, -0.2) is 51.0 Å². The molecule has 2 bridgehead atoms. The van der Waals surface area contributed by atoms with Crippen LogP contribution in [-0.2, 0) is 35.6 Å². The Labute approximate surface area is 247 Å². The highest BCUT2D eigenvalue weighted by atomic mass is 16.8. The van der Waals surface area contributed by atoms with E-state index in [1.54, 1.807) is 6.08 Å². The second kappa shape index (κ2) is 8.58. The molecule has 4 aliphatic carbocycles. The molecule has 42 heavy (non-hydrogen) atoms. The molecule has 3 unspecified atom stereocenters. The smallest absolute Gasteiger partial charge is 0.309 e. The third-order valence-electron chi connectivity index (χ3n) is 12.7. The maximum Gasteiger partial charge on any atom is 0.309 e. The summed E-state index contributed by atoms with van der Waals surface area (Å²) in [6.45, 7) is 8.19. The van der Waals surface area contributed by atoms with Crippen LogP contribution < -0.4 is 0 Å². The number of fused-ring (bicyclic) bond motifs is 9. The molecule has 1 spiro atoms. The number of aromatic nitrogens is 1. The van der Waals surface area contributed by atoms with Gasteiger partial charge in [-0.25, -0.2) is 0 Å². The molecule has 6 aliphatic rings. The largest absolute Gasteiger partial charge is 0.459 e. The molecule has 0 amide bonds. The Morgan fingerprint density at radius 3 is 2.55 bits per heavy atom. The number of para-hydroxylation sites is 1. The molecular formula is C35H43NO6. The first-order chi connectivity index (χ1) is 19.9. The molecule has 7 nitrogen and oxygen atoms in total. The molecule has 3 heterocycles. The van der Waals surface area contributed by atoms with Gasteiger partial charge in [-0.2, -0.15) is 0 Å². The first-order valence-corrected chi connectivity index (χ1v) is 16.1. The zero-order valence-electron chi connectivity index (χ0n) is 25.3. The minimum Gasteiger partial charge on any atom is -0.459 e. The van der Waals surface area contributed by atoms with E-state index in [1.165, 1.54) is 10.9 Å². The van der Waals surface area contributed by atoms with Crippen LogP contribution in [0.25, 0.3) is 10.9 Å². The second-order valence-corrected chi connectivity index (χ2v) is 15.0. The molecule has 0 radical (unpaired) electrons. The second-order valence-electron chi connectivity index (χ2n) is 15.0. The van der Waals surface area contributed by atoms with E-state index in [0.29, 0.717) is 24.8 Å². The number of aliphatic hydroxyl groups is 1. The highest BCUT2D eigenvalue weighted by Gasteiger charge is 2.78. The maximum atomic E-state index is 13.9. The molecule has 224 valence electrons. The lowest BCUT2D eigenvalue weighted by atomic mass is 9.41. The Hall–Kier alpha value is -2.48. The number of esters is 1. The Balaban J connectivity index is 1.29. The SMILES string of the molecule is CC1(C)O[C@@]23CCC4(C)[C@@]5(C)c6[nH]c7ccccc7c6CC5C[C@H](OC(=O)C5CCCCCC5)[C@@]4(O)C2=CC(=O)C1O3. The third kappa shape index (κ3) is 3.18. The number of hydrogen-bond donors (Lipinski definition) is 2. The third-order valence-corrected chi connectivity index (χ3v) is 12.7. The molecule has 7 heteroatoms. The van der Waals surface area contributed by atoms with Crippen LogP contribution in [0.15, 0.2) is 35.9 Å². The van der Waals surface area contributed by atoms with Crippen molar-refractivity contribution in [2.24, 2.45) is 17.3 Å². The van der Waals surface area contributed by atoms with Gasteiger partial charge in [0.2, 0.25) is 0 Å². The van der Waals surface area contributed by atoms with Gasteiger partial charge in [0.25, 0.3) is 0 Å². The molecule has 8 rings (SSSR count). The van der Waals surface area contributed by atoms with E-state index in [0.717, 1.165) is 56.2 Å². The van der Waals surface area contributed by atoms with Crippen molar-refractivity contribution in [3.63, 3.8) is 0 Å². The van der Waals surface area contributed by atoms with Gasteiger partial charge in [0.1, 0.15) is 17.3 Å². The van der Waals surface area contributed by atoms with Gasteiger partial charge in [0.15, 0.2) is 17.7 Å². The number of ketones is 1. The van der Waals surface area contributed by atoms with Crippen LogP contribution in [0.4, 0.5) is 0 Å². The molecule has 1 saturated heterocycles. The highest BCUT2D eigenvalue weighted by molar-refractivity contribution is 5.97. The van der Waals surface area contributed by atoms with E-state index < -0.39 is 40.0 Å². The summed E-state index contributed by atoms with van der Waals surface area (Å²) in [5, 5.41) is 14.7. The summed E-state index contributed by atoms with van der Waals surface area (Å²) in [4.78, 5) is 31.2. The van der Waals surface area contributed by atoms with Crippen molar-refractivity contribution in [2.75, 3.05) is 0 Å². The number of aromatic amines is 1. The van der Waals surface area contributed by atoms with Crippen molar-refractivity contribution < 1.29 is 28.9 Å². The fourth-order valence-electron chi connectivity index (χ4n) is 10.3. The van der Waals surface area contributed by atoms with Crippen molar-refractivity contribution in [3.05, 3.63) is 47.2 Å². The zero-order valence-corrected chi connectivity index (χ0v) is 25.3. The maximum absolute atomic E-state index is 13.9. The Bertz CT molecular complexity index is 1530. The molecule has 1 aromatic heterocycles. The van der Waals surface area contributed by atoms with Crippen LogP contribution in [0, 0.1) is 17.3 Å². The number of H-pyrrole nitrogens is 1. The van der Waals surface area contributed by atoms with Gasteiger partial charge in [-0.05, 0) is 69.6 Å². The molecule has 7 atom stereocenters. The van der Waals surface area contributed by atoms with Crippen molar-refractivity contribution in [3.8, 4) is 0 Å². The predicted molar refractivity (Wildman–Crippen MR) is 157 cm³/mol. The number of nitrogens with one attached hydrogen (secondary N) is 1. The first kappa shape index (κ1) is 27.1. The first-order valence-electron chi connectivity index (χ1n) is 16.1. The number of rotatable bonds is 2. The van der Waals surface area contributed by atoms with E-state index in [9.17, 15) is 14.7 Å². The lowest BCUT2D eigenvalue weighted by Gasteiger charge is -2.67. The molecule has 4 fully saturated rings. The fourth-order valence-corrected chi connectivity index (χ4v) is 10.3. The van der Waals surface area contributed by atoms with Crippen LogP contribution >= 0.6 is 0 Å². The average molecular weight is 574 g/mol. The van der Waals surface area contributed by atoms with Gasteiger partial charge in [-0.1, -0.05) is 57.7 Å². The monoisotopic (exact) mass is 573 g/mol. The lowest BCUT2D eigenvalue weighted by molar-refractivity contribution is -0.278. The number of carbonyl (C=O) groups is 2. The van der Waals surface area contributed by atoms with E-state index in [-0.39, 0.29) is 23.6 Å². The molecular weight excluding hydrogens is 530 g/mol. The average Bonchev–Trinajstić information content (AvgIpc) is 3.41. The zero-order chi connectivity index (χ0) is 29.3. The summed E-state index contributed by atoms with van der Waals surface area (Å²) in [7, 11) is 0. The molecule has 2 aliphatic heterocycles. The Morgan fingerprint density at radius 2 is 1.79 bits per heavy atom. The summed E-state index contributed by atoms with van der Waals surface area (Å²) < 4.78 is 19.6. The van der Waals surface area contributed by atoms with Crippen molar-refractivity contribution in [2.45, 2.75) is 127 Å². The van der Waals surface area contributed by atoms with Gasteiger partial charge in [-0.15, -0.1) is 0 Å². The quantitative estimate of drug-likeness (QED) is 0.347. The Morgan fingerprint density at radius 1 is 1.05 bits per heavy atom. The van der Waals surface area contributed by atoms with Gasteiger partial charge in [0, 0.05) is 39.4 Å². The number of hydrogen-bond acceptors (Lipinski definition) is 6. The summed E-state index contributed by atoms with van der Waals surface area (Å²) in [5.74, 6) is -1.62. The van der Waals surface area contributed by atoms with Crippen LogP contribution in [0.2, 0.25) is 0 Å². The summed E-state index contributed by atoms with van der Waals surface area (Å²) in [5.41, 5.74) is 0.280. The van der Waals surface area contributed by atoms with Gasteiger partial charge in [0.05, 0.1) is 5.92 Å². The molecule has 2 N–H and O–H groups in total. The van der Waals surface area contributed by atoms with Gasteiger partial charge < -0.3 is 24.3 Å². The number of ether oxygens (including phenoxy) is 3. The minimum absolute atomic E-state index is 0.155. The van der Waals surface area contributed by atoms with Gasteiger partial charge in [-0.3, -0.25) is 9.59 Å². The van der Waals surface area contributed by atoms with Crippen LogP contribution in [0.5, 0.6) is 0 Å². The van der Waals surface area contributed by atoms with Crippen molar-refractivity contribution >= 4 is 22.7 Å². The Kier molecular flexibility index (Phi) is 5.53. The van der Waals surface area contributed by atoms with E-state index in [1.807, 2.05) is 19.9 Å². The van der Waals surface area contributed by atoms with Crippen LogP contribution in [0.3, 0.4) is 0 Å². The lowest BCUT2D eigenvalue weighted by Crippen LogP contribution is -2.75. The van der Waals surface area contributed by atoms with Crippen molar-refractivity contribution in [1.29, 1.82) is 0 Å². The highest BCUT2D eigenvalue weighted by Crippen LogP contribution is 2.72. The topological polar surface area (TPSA) is 97.9 Å². The summed E-state index contributed by atoms with van der Waals surface area (Å²) in [6, 6.07) is 8.41. The van der Waals surface area contributed by atoms with E-state index >= 15 is 0 Å². The standard InChI is InChI=1S/C35H43NO6/c1-31(2)29-25(37)19-26-34(41-29,42-31)16-15-32(3)33(4)21(17-23-22-13-9-10-14-24(22)36-28(23)33)18-27(35(26,32)39)40-30(38)20-11-7-5-6-8-12-20/h9-10,13-14,19-21,27,29,36,39H,5-8,11-12,15-18H2,1-4H3/t21?,27-,29?,32?,33+,34-,35-/m0/s1. The predicted octanol–water partition coefficient (Wildman–Crippen LogP) is 5.81. The number of benzene rings is 1. The molecule has 1 aromatic carbocycles. The van der Waals surface area contributed by atoms with E-state index in [2.05, 4.69) is 37.0 Å². The summed E-state index contributed by atoms with van der Waals surface area (Å²) >= 11 is 0. The van der Waals surface area contributed by atoms with Crippen LogP contribution in [0.1, 0.15) is 96.7 Å². The van der Waals surface area contributed by atoms with Gasteiger partial charge >= 0.3 is 5.97 Å². The number of carbonyl (C=O) groups excluding carboxylic acids is 2. The molecule has 3 saturated carbocycles.